The molecule has 1 saturated carbocycles. The van der Waals surface area contributed by atoms with Crippen molar-refractivity contribution in [2.45, 2.75) is 31.4 Å². The van der Waals surface area contributed by atoms with E-state index in [-0.39, 0.29) is 30.5 Å². The fourth-order valence-electron chi connectivity index (χ4n) is 2.08. The van der Waals surface area contributed by atoms with Crippen molar-refractivity contribution in [3.63, 3.8) is 0 Å². The second-order valence-electron chi connectivity index (χ2n) is 4.32. The van der Waals surface area contributed by atoms with Crippen LogP contribution >= 0.6 is 12.4 Å². The van der Waals surface area contributed by atoms with Crippen molar-refractivity contribution >= 4 is 24.0 Å². The molecule has 2 rings (SSSR count). The number of anilines is 1. The van der Waals surface area contributed by atoms with Crippen LogP contribution in [-0.4, -0.2) is 30.1 Å². The SMILES string of the molecule is COC1CCC(NC(=O)c2ccc(N)cn2)C1.Cl. The van der Waals surface area contributed by atoms with Crippen LogP contribution in [0.25, 0.3) is 0 Å². The Kier molecular flexibility index (Phi) is 5.37. The number of hydrogen-bond donors (Lipinski definition) is 2. The Bertz CT molecular complexity index is 397. The number of methoxy groups -OCH3 is 1. The van der Waals surface area contributed by atoms with Crippen LogP contribution in [0.15, 0.2) is 18.3 Å². The first-order valence-electron chi connectivity index (χ1n) is 5.74. The predicted octanol–water partition coefficient (Wildman–Crippen LogP) is 1.38. The molecule has 2 atom stereocenters. The van der Waals surface area contributed by atoms with E-state index >= 15 is 0 Å². The maximum Gasteiger partial charge on any atom is 0.270 e. The van der Waals surface area contributed by atoms with E-state index in [1.54, 1.807) is 19.2 Å². The summed E-state index contributed by atoms with van der Waals surface area (Å²) < 4.78 is 5.26. The molecule has 0 bridgehead atoms. The number of pyridine rings is 1. The van der Waals surface area contributed by atoms with Gasteiger partial charge in [-0.1, -0.05) is 0 Å². The standard InChI is InChI=1S/C12H17N3O2.ClH/c1-17-10-4-3-9(6-10)15-12(16)11-5-2-8(13)7-14-11;/h2,5,7,9-10H,3-4,6,13H2,1H3,(H,15,16);1H. The molecule has 0 aromatic carbocycles. The number of hydrogen-bond acceptors (Lipinski definition) is 4. The topological polar surface area (TPSA) is 77.2 Å². The highest BCUT2D eigenvalue weighted by Crippen LogP contribution is 2.21. The number of nitrogen functional groups attached to an aromatic ring is 1. The third-order valence-electron chi connectivity index (χ3n) is 3.07. The highest BCUT2D eigenvalue weighted by Gasteiger charge is 2.26. The Morgan fingerprint density at radius 2 is 2.28 bits per heavy atom. The summed E-state index contributed by atoms with van der Waals surface area (Å²) in [5.74, 6) is -0.147. The van der Waals surface area contributed by atoms with Gasteiger partial charge in [-0.3, -0.25) is 4.79 Å². The van der Waals surface area contributed by atoms with Gasteiger partial charge in [-0.25, -0.2) is 4.98 Å². The molecule has 100 valence electrons. The van der Waals surface area contributed by atoms with E-state index < -0.39 is 0 Å². The maximum absolute atomic E-state index is 11.9. The second-order valence-corrected chi connectivity index (χ2v) is 4.32. The van der Waals surface area contributed by atoms with Gasteiger partial charge >= 0.3 is 0 Å². The summed E-state index contributed by atoms with van der Waals surface area (Å²) in [6.45, 7) is 0. The molecule has 1 heterocycles. The van der Waals surface area contributed by atoms with E-state index in [0.29, 0.717) is 11.4 Å². The number of aromatic nitrogens is 1. The highest BCUT2D eigenvalue weighted by molar-refractivity contribution is 5.92. The Hall–Kier alpha value is -1.33. The number of nitrogens with two attached hydrogens (primary N) is 1. The van der Waals surface area contributed by atoms with Gasteiger partial charge in [0, 0.05) is 13.2 Å². The summed E-state index contributed by atoms with van der Waals surface area (Å²) in [7, 11) is 1.70. The van der Waals surface area contributed by atoms with Crippen molar-refractivity contribution in [3.8, 4) is 0 Å². The van der Waals surface area contributed by atoms with E-state index in [2.05, 4.69) is 10.3 Å². The second kappa shape index (κ2) is 6.56. The van der Waals surface area contributed by atoms with Gasteiger partial charge in [-0.2, -0.15) is 0 Å². The summed E-state index contributed by atoms with van der Waals surface area (Å²) in [5, 5.41) is 2.96. The number of ether oxygens (including phenoxy) is 1. The third kappa shape index (κ3) is 3.58. The monoisotopic (exact) mass is 271 g/mol. The highest BCUT2D eigenvalue weighted by atomic mass is 35.5. The minimum Gasteiger partial charge on any atom is -0.397 e. The molecule has 1 fully saturated rings. The van der Waals surface area contributed by atoms with Gasteiger partial charge in [-0.15, -0.1) is 12.4 Å². The van der Waals surface area contributed by atoms with Gasteiger partial charge < -0.3 is 15.8 Å². The van der Waals surface area contributed by atoms with E-state index in [0.717, 1.165) is 19.3 Å². The van der Waals surface area contributed by atoms with E-state index in [1.165, 1.54) is 6.20 Å². The molecule has 0 aliphatic heterocycles. The zero-order valence-corrected chi connectivity index (χ0v) is 11.1. The molecule has 1 aliphatic carbocycles. The molecule has 1 aromatic heterocycles. The zero-order chi connectivity index (χ0) is 12.3. The van der Waals surface area contributed by atoms with Crippen molar-refractivity contribution in [1.29, 1.82) is 0 Å². The summed E-state index contributed by atoms with van der Waals surface area (Å²) >= 11 is 0. The molecule has 3 N–H and O–H groups in total. The van der Waals surface area contributed by atoms with Crippen LogP contribution in [0.1, 0.15) is 29.8 Å². The average molecular weight is 272 g/mol. The summed E-state index contributed by atoms with van der Waals surface area (Å²) in [5.41, 5.74) is 6.48. The quantitative estimate of drug-likeness (QED) is 0.871. The normalized spacial score (nSPS) is 22.3. The number of rotatable bonds is 3. The van der Waals surface area contributed by atoms with Crippen molar-refractivity contribution < 1.29 is 9.53 Å². The van der Waals surface area contributed by atoms with Gasteiger partial charge in [0.25, 0.3) is 5.91 Å². The Morgan fingerprint density at radius 1 is 1.50 bits per heavy atom. The summed E-state index contributed by atoms with van der Waals surface area (Å²) in [6.07, 6.45) is 4.58. The molecule has 2 unspecified atom stereocenters. The molecule has 1 aliphatic rings. The fourth-order valence-corrected chi connectivity index (χ4v) is 2.08. The molecule has 6 heteroatoms. The van der Waals surface area contributed by atoms with Gasteiger partial charge in [0.15, 0.2) is 0 Å². The zero-order valence-electron chi connectivity index (χ0n) is 10.3. The lowest BCUT2D eigenvalue weighted by Crippen LogP contribution is -2.33. The molecule has 1 aromatic rings. The van der Waals surface area contributed by atoms with Crippen molar-refractivity contribution in [3.05, 3.63) is 24.0 Å². The Labute approximate surface area is 113 Å². The van der Waals surface area contributed by atoms with Crippen molar-refractivity contribution in [1.82, 2.24) is 10.3 Å². The summed E-state index contributed by atoms with van der Waals surface area (Å²) in [6, 6.07) is 3.49. The van der Waals surface area contributed by atoms with E-state index in [4.69, 9.17) is 10.5 Å². The molecule has 0 saturated heterocycles. The van der Waals surface area contributed by atoms with Crippen LogP contribution < -0.4 is 11.1 Å². The Morgan fingerprint density at radius 3 is 2.83 bits per heavy atom. The van der Waals surface area contributed by atoms with Gasteiger partial charge in [0.05, 0.1) is 18.0 Å². The predicted molar refractivity (Wildman–Crippen MR) is 71.8 cm³/mol. The first-order valence-corrected chi connectivity index (χ1v) is 5.74. The third-order valence-corrected chi connectivity index (χ3v) is 3.07. The number of amides is 1. The summed E-state index contributed by atoms with van der Waals surface area (Å²) in [4.78, 5) is 15.8. The van der Waals surface area contributed by atoms with Gasteiger partial charge in [-0.05, 0) is 31.4 Å². The van der Waals surface area contributed by atoms with E-state index in [1.807, 2.05) is 0 Å². The molecule has 0 radical (unpaired) electrons. The minimum atomic E-state index is -0.147. The lowest BCUT2D eigenvalue weighted by molar-refractivity contribution is 0.0910. The number of halogens is 1. The fraction of sp³-hybridized carbons (Fsp3) is 0.500. The van der Waals surface area contributed by atoms with Crippen LogP contribution in [0.2, 0.25) is 0 Å². The van der Waals surface area contributed by atoms with Crippen LogP contribution in [0.4, 0.5) is 5.69 Å². The van der Waals surface area contributed by atoms with Crippen LogP contribution in [0.3, 0.4) is 0 Å². The first-order chi connectivity index (χ1) is 8.19. The number of carbonyl (C=O) groups is 1. The molecule has 5 nitrogen and oxygen atoms in total. The molecule has 0 spiro atoms. The van der Waals surface area contributed by atoms with Crippen LogP contribution in [0, 0.1) is 0 Å². The Balaban J connectivity index is 0.00000162. The maximum atomic E-state index is 11.9. The molecule has 18 heavy (non-hydrogen) atoms. The van der Waals surface area contributed by atoms with Crippen LogP contribution in [-0.2, 0) is 4.74 Å². The molecular formula is C12H18ClN3O2. The number of nitrogens with zero attached hydrogens (tertiary/aromatic N) is 1. The minimum absolute atomic E-state index is 0. The molecule has 1 amide bonds. The lowest BCUT2D eigenvalue weighted by atomic mass is 10.2. The average Bonchev–Trinajstić information content (AvgIpc) is 2.77. The smallest absolute Gasteiger partial charge is 0.270 e. The molecular weight excluding hydrogens is 254 g/mol. The number of carbonyl (C=O) groups excluding carboxylic acids is 1. The lowest BCUT2D eigenvalue weighted by Gasteiger charge is -2.12. The first kappa shape index (κ1) is 14.7. The van der Waals surface area contributed by atoms with E-state index in [9.17, 15) is 4.79 Å². The van der Waals surface area contributed by atoms with Gasteiger partial charge in [0.2, 0.25) is 0 Å². The van der Waals surface area contributed by atoms with Crippen LogP contribution in [0.5, 0.6) is 0 Å². The largest absolute Gasteiger partial charge is 0.397 e. The van der Waals surface area contributed by atoms with Crippen molar-refractivity contribution in [2.75, 3.05) is 12.8 Å². The van der Waals surface area contributed by atoms with Gasteiger partial charge in [0.1, 0.15) is 5.69 Å². The van der Waals surface area contributed by atoms with Crippen molar-refractivity contribution in [2.24, 2.45) is 0 Å². The number of nitrogens with one attached hydrogen (secondary N) is 1.